The van der Waals surface area contributed by atoms with Crippen LogP contribution in [0.3, 0.4) is 0 Å². The summed E-state index contributed by atoms with van der Waals surface area (Å²) < 4.78 is 5.43. The summed E-state index contributed by atoms with van der Waals surface area (Å²) in [6, 6.07) is 4.19. The topological polar surface area (TPSA) is 52.0 Å². The van der Waals surface area contributed by atoms with Crippen LogP contribution in [0, 0.1) is 13.8 Å². The molecule has 22 heavy (non-hydrogen) atoms. The molecule has 1 aromatic carbocycles. The molecule has 0 radical (unpaired) electrons. The van der Waals surface area contributed by atoms with E-state index in [1.54, 1.807) is 0 Å². The van der Waals surface area contributed by atoms with E-state index in [1.165, 1.54) is 28.7 Å². The van der Waals surface area contributed by atoms with Crippen LogP contribution in [0.4, 0.5) is 5.69 Å². The lowest BCUT2D eigenvalue weighted by Gasteiger charge is -2.25. The van der Waals surface area contributed by atoms with Crippen molar-refractivity contribution in [2.24, 2.45) is 0 Å². The molecule has 1 aliphatic carbocycles. The molecule has 3 rings (SSSR count). The minimum atomic E-state index is 0.342. The molecule has 120 valence electrons. The van der Waals surface area contributed by atoms with Crippen LogP contribution >= 0.6 is 0 Å². The number of nitrogens with zero attached hydrogens (tertiary/aromatic N) is 1. The zero-order chi connectivity index (χ0) is 16.3. The summed E-state index contributed by atoms with van der Waals surface area (Å²) in [7, 11) is 0. The summed E-state index contributed by atoms with van der Waals surface area (Å²) in [6.45, 7) is 10.3. The van der Waals surface area contributed by atoms with E-state index in [1.807, 2.05) is 26.8 Å². The van der Waals surface area contributed by atoms with Gasteiger partial charge in [-0.1, -0.05) is 32.0 Å². The van der Waals surface area contributed by atoms with E-state index >= 15 is 0 Å². The van der Waals surface area contributed by atoms with Crippen LogP contribution in [0.2, 0.25) is 0 Å². The Morgan fingerprint density at radius 1 is 1.27 bits per heavy atom. The van der Waals surface area contributed by atoms with Crippen LogP contribution in [0.25, 0.3) is 0 Å². The van der Waals surface area contributed by atoms with E-state index in [0.717, 1.165) is 36.4 Å². The molecule has 0 bridgehead atoms. The summed E-state index contributed by atoms with van der Waals surface area (Å²) in [4.78, 5) is 0. The van der Waals surface area contributed by atoms with Gasteiger partial charge in [-0.3, -0.25) is 0 Å². The van der Waals surface area contributed by atoms with Gasteiger partial charge in [-0.2, -0.15) is 0 Å². The Kier molecular flexibility index (Phi) is 5.28. The summed E-state index contributed by atoms with van der Waals surface area (Å²) in [6.07, 6.45) is 4.44. The maximum absolute atomic E-state index is 6.13. The molecule has 2 aromatic rings. The van der Waals surface area contributed by atoms with E-state index in [2.05, 4.69) is 25.1 Å². The molecule has 3 heteroatoms. The second kappa shape index (κ2) is 6.99. The Bertz CT molecular complexity index is 643. The maximum Gasteiger partial charge on any atom is 0.137 e. The van der Waals surface area contributed by atoms with Crippen LogP contribution in [-0.4, -0.2) is 5.16 Å². The highest BCUT2D eigenvalue weighted by atomic mass is 16.5. The van der Waals surface area contributed by atoms with E-state index in [0.29, 0.717) is 5.92 Å². The molecule has 0 saturated carbocycles. The number of aryl methyl sites for hydroxylation is 2. The van der Waals surface area contributed by atoms with Crippen LogP contribution in [-0.2, 0) is 12.8 Å². The van der Waals surface area contributed by atoms with Crippen molar-refractivity contribution < 1.29 is 4.52 Å². The Morgan fingerprint density at radius 2 is 2.00 bits per heavy atom. The first kappa shape index (κ1) is 16.6. The summed E-state index contributed by atoms with van der Waals surface area (Å²) in [5.74, 6) is 1.32. The van der Waals surface area contributed by atoms with Gasteiger partial charge in [0, 0.05) is 17.2 Å². The number of benzene rings is 1. The van der Waals surface area contributed by atoms with E-state index in [4.69, 9.17) is 10.3 Å². The largest absolute Gasteiger partial charge is 0.399 e. The molecule has 0 aliphatic heterocycles. The molecule has 1 atom stereocenters. The highest BCUT2D eigenvalue weighted by Gasteiger charge is 2.30. The predicted molar refractivity (Wildman–Crippen MR) is 92.3 cm³/mol. The van der Waals surface area contributed by atoms with Crippen molar-refractivity contribution in [3.05, 3.63) is 45.8 Å². The van der Waals surface area contributed by atoms with Gasteiger partial charge in [0.25, 0.3) is 0 Å². The molecule has 1 unspecified atom stereocenters. The number of nitrogens with two attached hydrogens (primary N) is 1. The summed E-state index contributed by atoms with van der Waals surface area (Å²) >= 11 is 0. The zero-order valence-electron chi connectivity index (χ0n) is 14.5. The second-order valence-electron chi connectivity index (χ2n) is 5.75. The number of nitrogen functional groups attached to an aromatic ring is 1. The Labute approximate surface area is 133 Å². The van der Waals surface area contributed by atoms with Crippen molar-refractivity contribution in [3.63, 3.8) is 0 Å². The molecule has 2 N–H and O–H groups in total. The fourth-order valence-corrected chi connectivity index (χ4v) is 3.48. The standard InChI is InChI=1S/C17H22N2O.C2H6/c1-4-12-8-9-15(18)10(2)16(12)14-7-5-6-13-11(3)20-19-17(13)14;1-2/h8-9,14H,4-7,18H2,1-3H3;1-2H3. The maximum atomic E-state index is 6.13. The third-order valence-corrected chi connectivity index (χ3v) is 4.64. The van der Waals surface area contributed by atoms with Crippen molar-refractivity contribution in [3.8, 4) is 0 Å². The highest BCUT2D eigenvalue weighted by molar-refractivity contribution is 5.56. The Morgan fingerprint density at radius 3 is 2.68 bits per heavy atom. The smallest absolute Gasteiger partial charge is 0.137 e. The van der Waals surface area contributed by atoms with Gasteiger partial charge in [-0.05, 0) is 62.3 Å². The lowest BCUT2D eigenvalue weighted by Crippen LogP contribution is -2.15. The van der Waals surface area contributed by atoms with Crippen molar-refractivity contribution >= 4 is 5.69 Å². The molecule has 0 fully saturated rings. The molecule has 0 amide bonds. The van der Waals surface area contributed by atoms with Gasteiger partial charge >= 0.3 is 0 Å². The van der Waals surface area contributed by atoms with E-state index in [-0.39, 0.29) is 0 Å². The lowest BCUT2D eigenvalue weighted by molar-refractivity contribution is 0.387. The molecule has 0 saturated heterocycles. The molecule has 0 spiro atoms. The number of aromatic nitrogens is 1. The first-order valence-corrected chi connectivity index (χ1v) is 8.46. The number of fused-ring (bicyclic) bond motifs is 1. The lowest BCUT2D eigenvalue weighted by atomic mass is 9.78. The van der Waals surface area contributed by atoms with Crippen molar-refractivity contribution in [1.29, 1.82) is 0 Å². The zero-order valence-corrected chi connectivity index (χ0v) is 14.5. The monoisotopic (exact) mass is 300 g/mol. The average molecular weight is 300 g/mol. The van der Waals surface area contributed by atoms with Gasteiger partial charge in [-0.15, -0.1) is 0 Å². The van der Waals surface area contributed by atoms with Crippen LogP contribution in [0.1, 0.15) is 73.2 Å². The molecule has 1 aliphatic rings. The number of anilines is 1. The minimum absolute atomic E-state index is 0.342. The van der Waals surface area contributed by atoms with Gasteiger partial charge in [0.2, 0.25) is 0 Å². The molecular formula is C19H28N2O. The Hall–Kier alpha value is -1.77. The number of hydrogen-bond donors (Lipinski definition) is 1. The molecule has 1 heterocycles. The number of hydrogen-bond acceptors (Lipinski definition) is 3. The first-order valence-electron chi connectivity index (χ1n) is 8.46. The molecule has 3 nitrogen and oxygen atoms in total. The van der Waals surface area contributed by atoms with E-state index in [9.17, 15) is 0 Å². The number of rotatable bonds is 2. The van der Waals surface area contributed by atoms with Crippen LogP contribution in [0.5, 0.6) is 0 Å². The highest BCUT2D eigenvalue weighted by Crippen LogP contribution is 2.41. The van der Waals surface area contributed by atoms with Crippen molar-refractivity contribution in [2.75, 3.05) is 5.73 Å². The van der Waals surface area contributed by atoms with Gasteiger partial charge in [-0.25, -0.2) is 0 Å². The second-order valence-corrected chi connectivity index (χ2v) is 5.75. The third kappa shape index (κ3) is 2.77. The van der Waals surface area contributed by atoms with E-state index < -0.39 is 0 Å². The van der Waals surface area contributed by atoms with Gasteiger partial charge < -0.3 is 10.3 Å². The third-order valence-electron chi connectivity index (χ3n) is 4.64. The van der Waals surface area contributed by atoms with Gasteiger partial charge in [0.15, 0.2) is 0 Å². The normalized spacial score (nSPS) is 16.7. The fourth-order valence-electron chi connectivity index (χ4n) is 3.48. The average Bonchev–Trinajstić information content (AvgIpc) is 2.93. The van der Waals surface area contributed by atoms with Crippen molar-refractivity contribution in [2.45, 2.75) is 66.2 Å². The van der Waals surface area contributed by atoms with Crippen LogP contribution < -0.4 is 5.73 Å². The SMILES string of the molecule is CC.CCc1ccc(N)c(C)c1C1CCCc2c1noc2C. The quantitative estimate of drug-likeness (QED) is 0.800. The first-order chi connectivity index (χ1) is 10.6. The van der Waals surface area contributed by atoms with Crippen LogP contribution in [0.15, 0.2) is 16.7 Å². The fraction of sp³-hybridized carbons (Fsp3) is 0.526. The Balaban J connectivity index is 0.000000847. The molecule has 1 aromatic heterocycles. The minimum Gasteiger partial charge on any atom is -0.399 e. The van der Waals surface area contributed by atoms with Crippen molar-refractivity contribution in [1.82, 2.24) is 5.16 Å². The molecular weight excluding hydrogens is 272 g/mol. The van der Waals surface area contributed by atoms with Gasteiger partial charge in [0.05, 0.1) is 5.69 Å². The van der Waals surface area contributed by atoms with Gasteiger partial charge in [0.1, 0.15) is 5.76 Å². The summed E-state index contributed by atoms with van der Waals surface area (Å²) in [5.41, 5.74) is 13.4. The predicted octanol–water partition coefficient (Wildman–Crippen LogP) is 4.93. The summed E-state index contributed by atoms with van der Waals surface area (Å²) in [5, 5.41) is 4.34.